The summed E-state index contributed by atoms with van der Waals surface area (Å²) in [5.74, 6) is 0.114. The third-order valence-electron chi connectivity index (χ3n) is 4.22. The van der Waals surface area contributed by atoms with E-state index in [0.717, 1.165) is 5.56 Å². The van der Waals surface area contributed by atoms with Crippen LogP contribution in [0, 0.1) is 13.8 Å². The molecule has 0 aliphatic carbocycles. The van der Waals surface area contributed by atoms with Crippen LogP contribution in [0.3, 0.4) is 0 Å². The summed E-state index contributed by atoms with van der Waals surface area (Å²) in [4.78, 5) is 16.5. The molecule has 130 valence electrons. The maximum atomic E-state index is 11.9. The molecular weight excluding hydrogens is 320 g/mol. The molecule has 1 aromatic carbocycles. The Kier molecular flexibility index (Phi) is 3.82. The van der Waals surface area contributed by atoms with E-state index in [0.29, 0.717) is 22.7 Å². The van der Waals surface area contributed by atoms with Crippen molar-refractivity contribution < 1.29 is 9.90 Å². The summed E-state index contributed by atoms with van der Waals surface area (Å²) >= 11 is 0. The molecule has 2 aromatic heterocycles. The number of rotatable bonds is 3. The molecule has 0 aliphatic heterocycles. The molecule has 3 rings (SSSR count). The number of carbonyl (C=O) groups excluding carboxylic acids is 1. The number of nitrogens with two attached hydrogens (primary N) is 2. The molecule has 1 amide bonds. The predicted octanol–water partition coefficient (Wildman–Crippen LogP) is 1.94. The Hall–Kier alpha value is -3.16. The highest BCUT2D eigenvalue weighted by molar-refractivity contribution is 6.09. The van der Waals surface area contributed by atoms with Gasteiger partial charge in [-0.25, -0.2) is 4.98 Å². The van der Waals surface area contributed by atoms with Crippen LogP contribution in [0.2, 0.25) is 0 Å². The first-order chi connectivity index (χ1) is 11.7. The molecule has 25 heavy (non-hydrogen) atoms. The van der Waals surface area contributed by atoms with E-state index in [-0.39, 0.29) is 28.6 Å². The minimum absolute atomic E-state index is 0.0462. The van der Waals surface area contributed by atoms with Gasteiger partial charge in [0.15, 0.2) is 11.5 Å². The Labute approximate surface area is 144 Å². The first-order valence-corrected chi connectivity index (χ1v) is 7.87. The third-order valence-corrected chi connectivity index (χ3v) is 4.22. The molecule has 5 N–H and O–H groups in total. The average molecular weight is 340 g/mol. The van der Waals surface area contributed by atoms with E-state index in [1.165, 1.54) is 0 Å². The van der Waals surface area contributed by atoms with Gasteiger partial charge in [-0.2, -0.15) is 0 Å². The SMILES string of the molecule is Cc1ccc(O)c(C)c1-n1c(N)c(C(N)=O)c2nnc(C(C)C)nc21. The maximum Gasteiger partial charge on any atom is 0.254 e. The maximum absolute atomic E-state index is 11.9. The molecule has 0 aliphatic rings. The van der Waals surface area contributed by atoms with E-state index in [9.17, 15) is 9.90 Å². The molecule has 0 unspecified atom stereocenters. The van der Waals surface area contributed by atoms with Crippen LogP contribution >= 0.6 is 0 Å². The minimum atomic E-state index is -0.704. The highest BCUT2D eigenvalue weighted by atomic mass is 16.3. The number of amides is 1. The van der Waals surface area contributed by atoms with E-state index in [4.69, 9.17) is 11.5 Å². The molecule has 0 atom stereocenters. The summed E-state index contributed by atoms with van der Waals surface area (Å²) in [5, 5.41) is 18.3. The number of nitrogen functional groups attached to an aromatic ring is 1. The van der Waals surface area contributed by atoms with E-state index in [2.05, 4.69) is 15.2 Å². The van der Waals surface area contributed by atoms with Gasteiger partial charge in [0.2, 0.25) is 0 Å². The van der Waals surface area contributed by atoms with Crippen LogP contribution in [0.5, 0.6) is 5.75 Å². The largest absolute Gasteiger partial charge is 0.508 e. The van der Waals surface area contributed by atoms with Crippen molar-refractivity contribution in [2.75, 3.05) is 5.73 Å². The normalized spacial score (nSPS) is 11.4. The fraction of sp³-hybridized carbons (Fsp3) is 0.294. The molecule has 0 fully saturated rings. The number of primary amides is 1. The van der Waals surface area contributed by atoms with Gasteiger partial charge in [0.25, 0.3) is 5.91 Å². The van der Waals surface area contributed by atoms with Gasteiger partial charge in [-0.05, 0) is 25.5 Å². The number of phenols is 1. The summed E-state index contributed by atoms with van der Waals surface area (Å²) in [7, 11) is 0. The quantitative estimate of drug-likeness (QED) is 0.667. The number of fused-ring (bicyclic) bond motifs is 1. The summed E-state index contributed by atoms with van der Waals surface area (Å²) in [6, 6.07) is 3.38. The molecule has 8 heteroatoms. The Morgan fingerprint density at radius 1 is 1.24 bits per heavy atom. The molecule has 2 heterocycles. The summed E-state index contributed by atoms with van der Waals surface area (Å²) < 4.78 is 1.61. The molecule has 8 nitrogen and oxygen atoms in total. The van der Waals surface area contributed by atoms with Crippen molar-refractivity contribution in [1.29, 1.82) is 0 Å². The number of benzene rings is 1. The van der Waals surface area contributed by atoms with Crippen molar-refractivity contribution in [1.82, 2.24) is 19.7 Å². The first kappa shape index (κ1) is 16.7. The Morgan fingerprint density at radius 3 is 2.52 bits per heavy atom. The van der Waals surface area contributed by atoms with Crippen molar-refractivity contribution >= 4 is 22.9 Å². The van der Waals surface area contributed by atoms with E-state index < -0.39 is 5.91 Å². The second-order valence-corrected chi connectivity index (χ2v) is 6.33. The van der Waals surface area contributed by atoms with E-state index >= 15 is 0 Å². The van der Waals surface area contributed by atoms with Crippen LogP contribution in [0.1, 0.15) is 47.1 Å². The van der Waals surface area contributed by atoms with Crippen molar-refractivity contribution in [2.24, 2.45) is 5.73 Å². The monoisotopic (exact) mass is 340 g/mol. The Bertz CT molecular complexity index is 1010. The van der Waals surface area contributed by atoms with Crippen LogP contribution in [0.15, 0.2) is 12.1 Å². The number of phenolic OH excluding ortho intramolecular Hbond substituents is 1. The molecule has 0 bridgehead atoms. The molecular formula is C17H20N6O2. The van der Waals surface area contributed by atoms with Gasteiger partial charge in [-0.3, -0.25) is 9.36 Å². The van der Waals surface area contributed by atoms with Crippen LogP contribution in [0.4, 0.5) is 5.82 Å². The third kappa shape index (κ3) is 2.46. The van der Waals surface area contributed by atoms with Gasteiger partial charge < -0.3 is 16.6 Å². The topological polar surface area (TPSA) is 133 Å². The number of nitrogens with zero attached hydrogens (tertiary/aromatic N) is 4. The fourth-order valence-corrected chi connectivity index (χ4v) is 2.88. The highest BCUT2D eigenvalue weighted by Crippen LogP contribution is 2.34. The lowest BCUT2D eigenvalue weighted by atomic mass is 10.1. The van der Waals surface area contributed by atoms with Crippen molar-refractivity contribution in [3.8, 4) is 11.4 Å². The zero-order valence-corrected chi connectivity index (χ0v) is 14.5. The van der Waals surface area contributed by atoms with Crippen LogP contribution < -0.4 is 11.5 Å². The molecule has 0 radical (unpaired) electrons. The van der Waals surface area contributed by atoms with Gasteiger partial charge in [0.1, 0.15) is 22.6 Å². The van der Waals surface area contributed by atoms with Crippen molar-refractivity contribution in [3.05, 3.63) is 34.6 Å². The summed E-state index contributed by atoms with van der Waals surface area (Å²) in [5.41, 5.74) is 14.6. The number of carbonyl (C=O) groups is 1. The number of hydrogen-bond donors (Lipinski definition) is 3. The first-order valence-electron chi connectivity index (χ1n) is 7.87. The zero-order chi connectivity index (χ0) is 18.5. The number of hydrogen-bond acceptors (Lipinski definition) is 6. The van der Waals surface area contributed by atoms with E-state index in [1.54, 1.807) is 23.6 Å². The Balaban J connectivity index is 2.50. The number of aryl methyl sites for hydroxylation is 1. The zero-order valence-electron chi connectivity index (χ0n) is 14.5. The van der Waals surface area contributed by atoms with Crippen LogP contribution in [-0.4, -0.2) is 30.8 Å². The lowest BCUT2D eigenvalue weighted by Gasteiger charge is -2.15. The second-order valence-electron chi connectivity index (χ2n) is 6.33. The van der Waals surface area contributed by atoms with Crippen molar-refractivity contribution in [2.45, 2.75) is 33.6 Å². The van der Waals surface area contributed by atoms with Crippen LogP contribution in [-0.2, 0) is 0 Å². The van der Waals surface area contributed by atoms with Gasteiger partial charge >= 0.3 is 0 Å². The molecule has 0 saturated carbocycles. The summed E-state index contributed by atoms with van der Waals surface area (Å²) in [6.07, 6.45) is 0. The minimum Gasteiger partial charge on any atom is -0.508 e. The van der Waals surface area contributed by atoms with Gasteiger partial charge in [0.05, 0.1) is 5.69 Å². The lowest BCUT2D eigenvalue weighted by molar-refractivity contribution is 0.100. The smallest absolute Gasteiger partial charge is 0.254 e. The fourth-order valence-electron chi connectivity index (χ4n) is 2.88. The van der Waals surface area contributed by atoms with Gasteiger partial charge in [0, 0.05) is 11.5 Å². The van der Waals surface area contributed by atoms with Crippen molar-refractivity contribution in [3.63, 3.8) is 0 Å². The number of anilines is 1. The summed E-state index contributed by atoms with van der Waals surface area (Å²) in [6.45, 7) is 7.54. The highest BCUT2D eigenvalue weighted by Gasteiger charge is 2.25. The average Bonchev–Trinajstić information content (AvgIpc) is 2.83. The Morgan fingerprint density at radius 2 is 1.92 bits per heavy atom. The standard InChI is InChI=1S/C17H20N6O2/c1-7(2)16-20-17-12(21-22-16)11(15(19)25)14(18)23(17)13-8(3)5-6-10(24)9(13)4/h5-7,24H,18H2,1-4H3,(H2,19,25). The lowest BCUT2D eigenvalue weighted by Crippen LogP contribution is -2.14. The molecule has 0 saturated heterocycles. The predicted molar refractivity (Wildman–Crippen MR) is 94.8 cm³/mol. The van der Waals surface area contributed by atoms with Gasteiger partial charge in [-0.1, -0.05) is 19.9 Å². The van der Waals surface area contributed by atoms with E-state index in [1.807, 2.05) is 20.8 Å². The number of aromatic nitrogens is 4. The van der Waals surface area contributed by atoms with Gasteiger partial charge in [-0.15, -0.1) is 10.2 Å². The molecule has 0 spiro atoms. The van der Waals surface area contributed by atoms with Crippen LogP contribution in [0.25, 0.3) is 16.9 Å². The molecule has 3 aromatic rings. The number of aromatic hydroxyl groups is 1. The second kappa shape index (κ2) is 5.73.